The maximum atomic E-state index is 3.77. The van der Waals surface area contributed by atoms with Gasteiger partial charge in [0.1, 0.15) is 0 Å². The molecule has 94 valence electrons. The Balaban J connectivity index is 1.70. The van der Waals surface area contributed by atoms with Gasteiger partial charge < -0.3 is 0 Å². The molecular formula is C15H21BrS. The van der Waals surface area contributed by atoms with Crippen molar-refractivity contribution in [1.82, 2.24) is 0 Å². The quantitative estimate of drug-likeness (QED) is 0.630. The second-order valence-corrected chi connectivity index (χ2v) is 7.51. The molecule has 0 fully saturated rings. The molecule has 1 aliphatic heterocycles. The van der Waals surface area contributed by atoms with Gasteiger partial charge in [-0.15, -0.1) is 11.8 Å². The van der Waals surface area contributed by atoms with E-state index in [0.29, 0.717) is 0 Å². The molecule has 17 heavy (non-hydrogen) atoms. The normalized spacial score (nSPS) is 20.2. The van der Waals surface area contributed by atoms with Crippen molar-refractivity contribution in [2.45, 2.75) is 60.4 Å². The molecule has 1 aromatic rings. The monoisotopic (exact) mass is 312 g/mol. The summed E-state index contributed by atoms with van der Waals surface area (Å²) in [4.78, 5) is 2.25. The van der Waals surface area contributed by atoms with Crippen molar-refractivity contribution in [2.75, 3.05) is 0 Å². The Kier molecular flexibility index (Phi) is 5.43. The summed E-state index contributed by atoms with van der Waals surface area (Å²) in [6.45, 7) is 2.26. The Morgan fingerprint density at radius 2 is 2.18 bits per heavy atom. The van der Waals surface area contributed by atoms with Crippen LogP contribution < -0.4 is 0 Å². The molecule has 2 unspecified atom stereocenters. The standard InChI is InChI=1S/C15H21BrS/c1-2-6-13(16)8-5-9-14-11-12-7-3-4-10-15(12)17-14/h3-4,7,10,13-14H,2,5-6,8-9,11H2,1H3. The summed E-state index contributed by atoms with van der Waals surface area (Å²) < 4.78 is 0. The summed E-state index contributed by atoms with van der Waals surface area (Å²) in [7, 11) is 0. The Morgan fingerprint density at radius 3 is 2.94 bits per heavy atom. The van der Waals surface area contributed by atoms with Crippen molar-refractivity contribution in [2.24, 2.45) is 0 Å². The van der Waals surface area contributed by atoms with E-state index in [2.05, 4.69) is 58.9 Å². The number of thioether (sulfide) groups is 1. The summed E-state index contributed by atoms with van der Waals surface area (Å²) in [5.74, 6) is 0. The number of hydrogen-bond acceptors (Lipinski definition) is 1. The van der Waals surface area contributed by atoms with Crippen LogP contribution in [-0.4, -0.2) is 10.1 Å². The van der Waals surface area contributed by atoms with E-state index in [1.165, 1.54) is 43.4 Å². The minimum atomic E-state index is 0.737. The molecule has 0 amide bonds. The van der Waals surface area contributed by atoms with E-state index < -0.39 is 0 Å². The highest BCUT2D eigenvalue weighted by Gasteiger charge is 2.21. The van der Waals surface area contributed by atoms with Crippen molar-refractivity contribution < 1.29 is 0 Å². The fraction of sp³-hybridized carbons (Fsp3) is 0.600. The zero-order valence-electron chi connectivity index (χ0n) is 10.5. The van der Waals surface area contributed by atoms with Crippen LogP contribution in [0.5, 0.6) is 0 Å². The third-order valence-corrected chi connectivity index (χ3v) is 5.66. The van der Waals surface area contributed by atoms with Crippen molar-refractivity contribution >= 4 is 27.7 Å². The van der Waals surface area contributed by atoms with Gasteiger partial charge in [0.25, 0.3) is 0 Å². The Hall–Kier alpha value is 0.0500. The highest BCUT2D eigenvalue weighted by atomic mass is 79.9. The van der Waals surface area contributed by atoms with Gasteiger partial charge in [0.15, 0.2) is 0 Å². The molecule has 2 heteroatoms. The maximum absolute atomic E-state index is 3.77. The van der Waals surface area contributed by atoms with Gasteiger partial charge in [-0.05, 0) is 37.3 Å². The predicted molar refractivity (Wildman–Crippen MR) is 81.3 cm³/mol. The third-order valence-electron chi connectivity index (χ3n) is 3.36. The van der Waals surface area contributed by atoms with E-state index in [1.807, 2.05) is 0 Å². The molecule has 1 aliphatic rings. The summed E-state index contributed by atoms with van der Waals surface area (Å²) in [6.07, 6.45) is 7.95. The van der Waals surface area contributed by atoms with Crippen LogP contribution in [0.2, 0.25) is 0 Å². The summed E-state index contributed by atoms with van der Waals surface area (Å²) in [5, 5.41) is 0.828. The molecule has 0 saturated carbocycles. The van der Waals surface area contributed by atoms with Crippen molar-refractivity contribution in [3.8, 4) is 0 Å². The first kappa shape index (κ1) is 13.5. The van der Waals surface area contributed by atoms with E-state index in [-0.39, 0.29) is 0 Å². The largest absolute Gasteiger partial charge is 0.122 e. The van der Waals surface area contributed by atoms with E-state index in [0.717, 1.165) is 10.1 Å². The topological polar surface area (TPSA) is 0 Å². The zero-order valence-corrected chi connectivity index (χ0v) is 12.9. The number of hydrogen-bond donors (Lipinski definition) is 0. The maximum Gasteiger partial charge on any atom is 0.0145 e. The van der Waals surface area contributed by atoms with Gasteiger partial charge in [-0.3, -0.25) is 0 Å². The van der Waals surface area contributed by atoms with Crippen LogP contribution in [0.15, 0.2) is 29.2 Å². The van der Waals surface area contributed by atoms with Gasteiger partial charge in [-0.1, -0.05) is 53.9 Å². The van der Waals surface area contributed by atoms with Crippen LogP contribution in [0.25, 0.3) is 0 Å². The first-order valence-electron chi connectivity index (χ1n) is 6.68. The Bertz CT molecular complexity index is 326. The molecule has 2 rings (SSSR count). The Morgan fingerprint density at radius 1 is 1.35 bits per heavy atom. The highest BCUT2D eigenvalue weighted by molar-refractivity contribution is 9.09. The van der Waals surface area contributed by atoms with Crippen LogP contribution in [0.3, 0.4) is 0 Å². The summed E-state index contributed by atoms with van der Waals surface area (Å²) in [5.41, 5.74) is 1.56. The van der Waals surface area contributed by atoms with Gasteiger partial charge in [-0.2, -0.15) is 0 Å². The molecule has 0 N–H and O–H groups in total. The van der Waals surface area contributed by atoms with Crippen molar-refractivity contribution in [1.29, 1.82) is 0 Å². The van der Waals surface area contributed by atoms with Gasteiger partial charge in [-0.25, -0.2) is 0 Å². The van der Waals surface area contributed by atoms with Gasteiger partial charge in [0.05, 0.1) is 0 Å². The highest BCUT2D eigenvalue weighted by Crippen LogP contribution is 2.39. The molecule has 0 aliphatic carbocycles. The predicted octanol–water partition coefficient (Wildman–Crippen LogP) is 5.44. The zero-order chi connectivity index (χ0) is 12.1. The third kappa shape index (κ3) is 4.03. The first-order chi connectivity index (χ1) is 8.29. The molecule has 2 atom stereocenters. The lowest BCUT2D eigenvalue weighted by molar-refractivity contribution is 0.615. The lowest BCUT2D eigenvalue weighted by Gasteiger charge is -2.11. The summed E-state index contributed by atoms with van der Waals surface area (Å²) >= 11 is 5.86. The number of fused-ring (bicyclic) bond motifs is 1. The molecule has 0 aromatic heterocycles. The van der Waals surface area contributed by atoms with Crippen LogP contribution in [0.4, 0.5) is 0 Å². The molecule has 0 bridgehead atoms. The Labute approximate surface area is 118 Å². The molecular weight excluding hydrogens is 292 g/mol. The fourth-order valence-corrected chi connectivity index (χ4v) is 4.59. The van der Waals surface area contributed by atoms with E-state index in [4.69, 9.17) is 0 Å². The smallest absolute Gasteiger partial charge is 0.0145 e. The van der Waals surface area contributed by atoms with E-state index in [9.17, 15) is 0 Å². The molecule has 0 radical (unpaired) electrons. The van der Waals surface area contributed by atoms with E-state index in [1.54, 1.807) is 5.56 Å². The number of halogens is 1. The molecule has 0 saturated heterocycles. The fourth-order valence-electron chi connectivity index (χ4n) is 2.44. The minimum absolute atomic E-state index is 0.737. The SMILES string of the molecule is CCCC(Br)CCCC1Cc2ccccc2S1. The molecule has 1 heterocycles. The van der Waals surface area contributed by atoms with Crippen molar-refractivity contribution in [3.05, 3.63) is 29.8 Å². The minimum Gasteiger partial charge on any atom is -0.122 e. The molecule has 1 aromatic carbocycles. The van der Waals surface area contributed by atoms with Crippen LogP contribution in [0.1, 0.15) is 44.6 Å². The van der Waals surface area contributed by atoms with Crippen LogP contribution >= 0.6 is 27.7 Å². The second-order valence-electron chi connectivity index (χ2n) is 4.87. The molecule has 0 nitrogen and oxygen atoms in total. The van der Waals surface area contributed by atoms with Gasteiger partial charge in [0, 0.05) is 15.0 Å². The number of alkyl halides is 1. The average molecular weight is 313 g/mol. The average Bonchev–Trinajstić information content (AvgIpc) is 2.71. The van der Waals surface area contributed by atoms with Crippen LogP contribution in [0, 0.1) is 0 Å². The lowest BCUT2D eigenvalue weighted by Crippen LogP contribution is -2.03. The lowest BCUT2D eigenvalue weighted by atomic mass is 10.0. The van der Waals surface area contributed by atoms with Crippen LogP contribution in [-0.2, 0) is 6.42 Å². The first-order valence-corrected chi connectivity index (χ1v) is 8.47. The van der Waals surface area contributed by atoms with Gasteiger partial charge in [0.2, 0.25) is 0 Å². The number of rotatable bonds is 6. The van der Waals surface area contributed by atoms with Gasteiger partial charge >= 0.3 is 0 Å². The second kappa shape index (κ2) is 6.84. The van der Waals surface area contributed by atoms with Crippen molar-refractivity contribution in [3.63, 3.8) is 0 Å². The molecule has 0 spiro atoms. The number of benzene rings is 1. The van der Waals surface area contributed by atoms with E-state index >= 15 is 0 Å². The summed E-state index contributed by atoms with van der Waals surface area (Å²) in [6, 6.07) is 8.87.